The quantitative estimate of drug-likeness (QED) is 0.713. The predicted molar refractivity (Wildman–Crippen MR) is 61.6 cm³/mol. The fourth-order valence-corrected chi connectivity index (χ4v) is 2.69. The molecule has 2 heteroatoms. The highest BCUT2D eigenvalue weighted by molar-refractivity contribution is 5.97. The van der Waals surface area contributed by atoms with E-state index in [1.54, 1.807) is 0 Å². The van der Waals surface area contributed by atoms with E-state index in [2.05, 4.69) is 35.2 Å². The van der Waals surface area contributed by atoms with Gasteiger partial charge in [-0.1, -0.05) is 18.2 Å². The summed E-state index contributed by atoms with van der Waals surface area (Å²) in [7, 11) is 0. The Bertz CT molecular complexity index is 630. The Kier molecular flexibility index (Phi) is 1.22. The maximum absolute atomic E-state index is 8.87. The van der Waals surface area contributed by atoms with E-state index in [1.807, 2.05) is 18.2 Å². The first kappa shape index (κ1) is 7.95. The predicted octanol–water partition coefficient (Wildman–Crippen LogP) is 3.11. The third kappa shape index (κ3) is 0.706. The lowest BCUT2D eigenvalue weighted by atomic mass is 9.76. The van der Waals surface area contributed by atoms with Gasteiger partial charge in [0.15, 0.2) is 0 Å². The third-order valence-corrected chi connectivity index (χ3v) is 3.44. The van der Waals surface area contributed by atoms with Crippen molar-refractivity contribution in [2.75, 3.05) is 4.90 Å². The van der Waals surface area contributed by atoms with Crippen LogP contribution in [0.25, 0.3) is 0 Å². The molecule has 0 aliphatic carbocycles. The Labute approximate surface area is 93.4 Å². The molecule has 2 aromatic carbocycles. The van der Waals surface area contributed by atoms with Crippen LogP contribution in [0.2, 0.25) is 0 Å². The summed E-state index contributed by atoms with van der Waals surface area (Å²) in [5.41, 5.74) is 6.11. The van der Waals surface area contributed by atoms with Gasteiger partial charge in [0.1, 0.15) is 0 Å². The van der Waals surface area contributed by atoms with Crippen molar-refractivity contribution < 1.29 is 0 Å². The van der Waals surface area contributed by atoms with Crippen LogP contribution in [0.3, 0.4) is 0 Å². The van der Waals surface area contributed by atoms with E-state index in [9.17, 15) is 0 Å². The monoisotopic (exact) mass is 204 g/mol. The van der Waals surface area contributed by atoms with Crippen molar-refractivity contribution in [2.45, 2.75) is 6.04 Å². The second-order valence-corrected chi connectivity index (χ2v) is 4.22. The number of rotatable bonds is 1. The van der Waals surface area contributed by atoms with E-state index in [4.69, 9.17) is 5.26 Å². The van der Waals surface area contributed by atoms with Crippen LogP contribution in [0, 0.1) is 11.3 Å². The van der Waals surface area contributed by atoms with Gasteiger partial charge in [-0.2, -0.15) is 5.26 Å². The molecule has 0 saturated carbocycles. The van der Waals surface area contributed by atoms with Gasteiger partial charge in [-0.3, -0.25) is 0 Å². The topological polar surface area (TPSA) is 27.0 Å². The summed E-state index contributed by atoms with van der Waals surface area (Å²) in [6, 6.07) is 16.9. The molecule has 0 spiro atoms. The molecule has 2 nitrogen and oxygen atoms in total. The van der Waals surface area contributed by atoms with Crippen LogP contribution in [0.5, 0.6) is 0 Å². The van der Waals surface area contributed by atoms with Crippen LogP contribution in [0.4, 0.5) is 11.4 Å². The summed E-state index contributed by atoms with van der Waals surface area (Å²) in [6.45, 7) is 0. The minimum Gasteiger partial charge on any atom is -0.329 e. The summed E-state index contributed by atoms with van der Waals surface area (Å²) < 4.78 is 0. The standard InChI is InChI=1S/C14H8N2/c15-8-9-3-1-4-10(7-9)14-13-11-5-2-6-12(13)16(11)14/h1-7,14H. The van der Waals surface area contributed by atoms with Gasteiger partial charge in [0.25, 0.3) is 0 Å². The van der Waals surface area contributed by atoms with Gasteiger partial charge in [0.05, 0.1) is 17.7 Å². The third-order valence-electron chi connectivity index (χ3n) is 3.44. The van der Waals surface area contributed by atoms with Crippen molar-refractivity contribution in [1.82, 2.24) is 0 Å². The molecule has 1 atom stereocenters. The normalized spacial score (nSPS) is 18.4. The van der Waals surface area contributed by atoms with Crippen molar-refractivity contribution in [3.05, 3.63) is 59.2 Å². The fraction of sp³-hybridized carbons (Fsp3) is 0.0714. The Morgan fingerprint density at radius 2 is 1.75 bits per heavy atom. The molecule has 0 saturated heterocycles. The average Bonchev–Trinajstić information content (AvgIpc) is 2.28. The first-order valence-corrected chi connectivity index (χ1v) is 5.32. The molecule has 3 aliphatic heterocycles. The number of hydrogen-bond donors (Lipinski definition) is 0. The molecule has 2 aromatic rings. The lowest BCUT2D eigenvalue weighted by molar-refractivity contribution is 0.666. The van der Waals surface area contributed by atoms with Crippen molar-refractivity contribution in [3.63, 3.8) is 0 Å². The lowest BCUT2D eigenvalue weighted by Crippen LogP contribution is -2.46. The van der Waals surface area contributed by atoms with Gasteiger partial charge >= 0.3 is 0 Å². The fourth-order valence-electron chi connectivity index (χ4n) is 2.69. The van der Waals surface area contributed by atoms with Crippen molar-refractivity contribution in [1.29, 1.82) is 5.26 Å². The molecule has 0 amide bonds. The molecule has 4 bridgehead atoms. The molecule has 16 heavy (non-hydrogen) atoms. The summed E-state index contributed by atoms with van der Waals surface area (Å²) >= 11 is 0. The maximum atomic E-state index is 8.87. The number of hydrogen-bond acceptors (Lipinski definition) is 2. The van der Waals surface area contributed by atoms with Crippen molar-refractivity contribution >= 4 is 11.4 Å². The molecule has 1 unspecified atom stereocenters. The Balaban J connectivity index is 1.80. The van der Waals surface area contributed by atoms with Crippen LogP contribution in [0.15, 0.2) is 42.5 Å². The second kappa shape index (κ2) is 2.45. The minimum absolute atomic E-state index is 0.402. The molecule has 3 heterocycles. The summed E-state index contributed by atoms with van der Waals surface area (Å²) in [5.74, 6) is 0. The highest BCUT2D eigenvalue weighted by Gasteiger charge is 2.49. The summed E-state index contributed by atoms with van der Waals surface area (Å²) in [6.07, 6.45) is 0. The van der Waals surface area contributed by atoms with Crippen LogP contribution in [-0.2, 0) is 0 Å². The smallest absolute Gasteiger partial charge is 0.0991 e. The largest absolute Gasteiger partial charge is 0.329 e. The molecule has 5 rings (SSSR count). The van der Waals surface area contributed by atoms with E-state index in [0.29, 0.717) is 6.04 Å². The van der Waals surface area contributed by atoms with E-state index < -0.39 is 0 Å². The van der Waals surface area contributed by atoms with Gasteiger partial charge < -0.3 is 4.90 Å². The molecule has 3 aliphatic rings. The molecule has 0 N–H and O–H groups in total. The SMILES string of the molecule is N#Cc1cccc(C2c3c4cccc3N42)c1. The molecule has 74 valence electrons. The molecule has 0 aromatic heterocycles. The Hall–Kier alpha value is -2.27. The summed E-state index contributed by atoms with van der Waals surface area (Å²) in [4.78, 5) is 2.33. The van der Waals surface area contributed by atoms with Crippen LogP contribution >= 0.6 is 0 Å². The van der Waals surface area contributed by atoms with Gasteiger partial charge in [-0.15, -0.1) is 0 Å². The van der Waals surface area contributed by atoms with Crippen LogP contribution in [-0.4, -0.2) is 0 Å². The number of benzene rings is 2. The van der Waals surface area contributed by atoms with Gasteiger partial charge in [-0.25, -0.2) is 0 Å². The van der Waals surface area contributed by atoms with E-state index in [1.165, 1.54) is 22.5 Å². The molecular formula is C14H8N2. The lowest BCUT2D eigenvalue weighted by Gasteiger charge is -2.57. The number of anilines is 2. The second-order valence-electron chi connectivity index (χ2n) is 4.22. The Morgan fingerprint density at radius 1 is 1.06 bits per heavy atom. The minimum atomic E-state index is 0.402. The van der Waals surface area contributed by atoms with Gasteiger partial charge in [0.2, 0.25) is 0 Å². The highest BCUT2D eigenvalue weighted by atomic mass is 15.3. The van der Waals surface area contributed by atoms with Crippen LogP contribution < -0.4 is 4.90 Å². The van der Waals surface area contributed by atoms with E-state index in [-0.39, 0.29) is 0 Å². The first-order valence-electron chi connectivity index (χ1n) is 5.32. The molecular weight excluding hydrogens is 196 g/mol. The maximum Gasteiger partial charge on any atom is 0.0991 e. The average molecular weight is 204 g/mol. The Morgan fingerprint density at radius 3 is 2.44 bits per heavy atom. The van der Waals surface area contributed by atoms with Crippen LogP contribution in [0.1, 0.15) is 22.7 Å². The zero-order valence-corrected chi connectivity index (χ0v) is 8.51. The zero-order chi connectivity index (χ0) is 10.7. The molecule has 0 radical (unpaired) electrons. The number of nitriles is 1. The van der Waals surface area contributed by atoms with E-state index in [0.717, 1.165) is 5.56 Å². The molecule has 0 fully saturated rings. The zero-order valence-electron chi connectivity index (χ0n) is 8.51. The summed E-state index contributed by atoms with van der Waals surface area (Å²) in [5, 5.41) is 8.87. The first-order chi connectivity index (χ1) is 7.90. The van der Waals surface area contributed by atoms with Gasteiger partial charge in [0, 0.05) is 16.9 Å². The highest BCUT2D eigenvalue weighted by Crippen LogP contribution is 2.65. The van der Waals surface area contributed by atoms with Gasteiger partial charge in [-0.05, 0) is 29.8 Å². The van der Waals surface area contributed by atoms with Crippen molar-refractivity contribution in [2.24, 2.45) is 0 Å². The number of nitrogens with zero attached hydrogens (tertiary/aromatic N) is 2. The van der Waals surface area contributed by atoms with E-state index >= 15 is 0 Å². The van der Waals surface area contributed by atoms with Crippen molar-refractivity contribution in [3.8, 4) is 6.07 Å².